The van der Waals surface area contributed by atoms with Gasteiger partial charge >= 0.3 is 0 Å². The number of nitrogens with zero attached hydrogens (tertiary/aromatic N) is 1. The molecule has 0 amide bonds. The summed E-state index contributed by atoms with van der Waals surface area (Å²) in [7, 11) is 2.27. The van der Waals surface area contributed by atoms with Crippen molar-refractivity contribution >= 4 is 11.6 Å². The normalized spacial score (nSPS) is 35.3. The Balaban J connectivity index is 1.56. The molecule has 1 saturated carbocycles. The van der Waals surface area contributed by atoms with E-state index in [9.17, 15) is 0 Å². The lowest BCUT2D eigenvalue weighted by Gasteiger charge is -2.32. The fourth-order valence-corrected chi connectivity index (χ4v) is 3.66. The molecule has 17 heavy (non-hydrogen) atoms. The third-order valence-electron chi connectivity index (χ3n) is 4.55. The van der Waals surface area contributed by atoms with Crippen molar-refractivity contribution in [2.75, 3.05) is 26.7 Å². The topological polar surface area (TPSA) is 15.3 Å². The van der Waals surface area contributed by atoms with E-state index >= 15 is 0 Å². The Labute approximate surface area is 111 Å². The highest BCUT2D eigenvalue weighted by molar-refractivity contribution is 6.20. The van der Waals surface area contributed by atoms with E-state index in [2.05, 4.69) is 17.3 Å². The third-order valence-corrected chi connectivity index (χ3v) is 5.12. The predicted molar refractivity (Wildman–Crippen MR) is 74.7 cm³/mol. The molecule has 1 N–H and O–H groups in total. The summed E-state index contributed by atoms with van der Waals surface area (Å²) in [5.74, 6) is 0.723. The quantitative estimate of drug-likeness (QED) is 0.603. The molecule has 2 rings (SSSR count). The van der Waals surface area contributed by atoms with Crippen molar-refractivity contribution in [2.45, 2.75) is 56.4 Å². The van der Waals surface area contributed by atoms with Gasteiger partial charge in [-0.2, -0.15) is 0 Å². The molecule has 0 aromatic carbocycles. The van der Waals surface area contributed by atoms with E-state index in [1.807, 2.05) is 0 Å². The van der Waals surface area contributed by atoms with Crippen molar-refractivity contribution in [3.05, 3.63) is 0 Å². The summed E-state index contributed by atoms with van der Waals surface area (Å²) in [4.78, 5) is 2.53. The number of piperidine rings is 1. The molecule has 2 fully saturated rings. The molecular formula is C14H27ClN2. The highest BCUT2D eigenvalue weighted by Gasteiger charge is 2.24. The van der Waals surface area contributed by atoms with Gasteiger partial charge in [-0.15, -0.1) is 11.6 Å². The minimum absolute atomic E-state index is 0.430. The van der Waals surface area contributed by atoms with E-state index in [0.29, 0.717) is 5.38 Å². The lowest BCUT2D eigenvalue weighted by molar-refractivity contribution is 0.175. The van der Waals surface area contributed by atoms with E-state index in [1.54, 1.807) is 0 Å². The van der Waals surface area contributed by atoms with Crippen molar-refractivity contribution < 1.29 is 0 Å². The third kappa shape index (κ3) is 4.11. The average Bonchev–Trinajstić information content (AvgIpc) is 2.73. The zero-order valence-electron chi connectivity index (χ0n) is 11.1. The average molecular weight is 259 g/mol. The zero-order valence-corrected chi connectivity index (χ0v) is 11.9. The Morgan fingerprint density at radius 1 is 1.18 bits per heavy atom. The van der Waals surface area contributed by atoms with Gasteiger partial charge in [0.1, 0.15) is 0 Å². The lowest BCUT2D eigenvalue weighted by atomic mass is 10.00. The SMILES string of the molecule is CN1CCCCC1CCNCC1CCCC1Cl. The van der Waals surface area contributed by atoms with Crippen LogP contribution < -0.4 is 5.32 Å². The van der Waals surface area contributed by atoms with Crippen LogP contribution in [0.5, 0.6) is 0 Å². The zero-order chi connectivity index (χ0) is 12.1. The predicted octanol–water partition coefficient (Wildman–Crippen LogP) is 2.86. The van der Waals surface area contributed by atoms with Crippen LogP contribution >= 0.6 is 11.6 Å². The van der Waals surface area contributed by atoms with Gasteiger partial charge in [-0.05, 0) is 64.7 Å². The van der Waals surface area contributed by atoms with Crippen LogP contribution in [0.2, 0.25) is 0 Å². The Hall–Kier alpha value is 0.210. The molecule has 2 aliphatic rings. The van der Waals surface area contributed by atoms with Gasteiger partial charge < -0.3 is 10.2 Å². The van der Waals surface area contributed by atoms with E-state index in [4.69, 9.17) is 11.6 Å². The number of rotatable bonds is 5. The van der Waals surface area contributed by atoms with Gasteiger partial charge in [0.05, 0.1) is 0 Å². The molecule has 1 saturated heterocycles. The summed E-state index contributed by atoms with van der Waals surface area (Å²) >= 11 is 6.28. The fraction of sp³-hybridized carbons (Fsp3) is 1.00. The molecule has 1 aliphatic heterocycles. The molecule has 0 aromatic heterocycles. The summed E-state index contributed by atoms with van der Waals surface area (Å²) in [6, 6.07) is 0.812. The fourth-order valence-electron chi connectivity index (χ4n) is 3.29. The van der Waals surface area contributed by atoms with Gasteiger partial charge in [-0.3, -0.25) is 0 Å². The van der Waals surface area contributed by atoms with E-state index in [0.717, 1.165) is 25.0 Å². The van der Waals surface area contributed by atoms with Crippen molar-refractivity contribution in [1.82, 2.24) is 10.2 Å². The van der Waals surface area contributed by atoms with Crippen LogP contribution in [0.15, 0.2) is 0 Å². The van der Waals surface area contributed by atoms with Crippen LogP contribution in [-0.2, 0) is 0 Å². The molecule has 0 spiro atoms. The number of hydrogen-bond donors (Lipinski definition) is 1. The molecule has 0 radical (unpaired) electrons. The van der Waals surface area contributed by atoms with Crippen molar-refractivity contribution in [1.29, 1.82) is 0 Å². The van der Waals surface area contributed by atoms with Crippen LogP contribution in [0.25, 0.3) is 0 Å². The van der Waals surface area contributed by atoms with Gasteiger partial charge in [0.15, 0.2) is 0 Å². The molecule has 1 heterocycles. The summed E-state index contributed by atoms with van der Waals surface area (Å²) in [6.07, 6.45) is 9.36. The van der Waals surface area contributed by atoms with Crippen LogP contribution in [0.1, 0.15) is 44.9 Å². The molecule has 3 atom stereocenters. The maximum atomic E-state index is 6.28. The molecule has 2 nitrogen and oxygen atoms in total. The highest BCUT2D eigenvalue weighted by atomic mass is 35.5. The first-order valence-corrected chi connectivity index (χ1v) is 7.76. The summed E-state index contributed by atoms with van der Waals surface area (Å²) in [6.45, 7) is 3.58. The molecule has 100 valence electrons. The number of halogens is 1. The van der Waals surface area contributed by atoms with Crippen LogP contribution in [0.4, 0.5) is 0 Å². The van der Waals surface area contributed by atoms with Gasteiger partial charge in [-0.1, -0.05) is 12.8 Å². The summed E-state index contributed by atoms with van der Waals surface area (Å²) in [5, 5.41) is 4.04. The maximum Gasteiger partial charge on any atom is 0.0376 e. The Bertz CT molecular complexity index is 222. The monoisotopic (exact) mass is 258 g/mol. The van der Waals surface area contributed by atoms with Gasteiger partial charge in [0, 0.05) is 11.4 Å². The first kappa shape index (κ1) is 13.6. The molecule has 1 aliphatic carbocycles. The van der Waals surface area contributed by atoms with E-state index < -0.39 is 0 Å². The second-order valence-electron chi connectivity index (χ2n) is 5.83. The molecule has 3 unspecified atom stereocenters. The molecule has 0 bridgehead atoms. The van der Waals surface area contributed by atoms with Crippen molar-refractivity contribution in [3.63, 3.8) is 0 Å². The van der Waals surface area contributed by atoms with E-state index in [-0.39, 0.29) is 0 Å². The van der Waals surface area contributed by atoms with Gasteiger partial charge in [-0.25, -0.2) is 0 Å². The van der Waals surface area contributed by atoms with Gasteiger partial charge in [0.25, 0.3) is 0 Å². The smallest absolute Gasteiger partial charge is 0.0376 e. The van der Waals surface area contributed by atoms with Crippen molar-refractivity contribution in [2.24, 2.45) is 5.92 Å². The standard InChI is InChI=1S/C14H27ClN2/c1-17-10-3-2-6-13(17)8-9-16-11-12-5-4-7-14(12)15/h12-14,16H,2-11H2,1H3. The lowest BCUT2D eigenvalue weighted by Crippen LogP contribution is -2.38. The molecule has 3 heteroatoms. The Kier molecular flexibility index (Phi) is 5.58. The minimum Gasteiger partial charge on any atom is -0.316 e. The van der Waals surface area contributed by atoms with E-state index in [1.165, 1.54) is 51.5 Å². The Morgan fingerprint density at radius 3 is 2.76 bits per heavy atom. The number of likely N-dealkylation sites (tertiary alicyclic amines) is 1. The first-order valence-electron chi connectivity index (χ1n) is 7.32. The first-order chi connectivity index (χ1) is 8.27. The number of nitrogens with one attached hydrogen (secondary N) is 1. The minimum atomic E-state index is 0.430. The molecule has 0 aromatic rings. The second-order valence-corrected chi connectivity index (χ2v) is 6.39. The van der Waals surface area contributed by atoms with Crippen LogP contribution in [0.3, 0.4) is 0 Å². The van der Waals surface area contributed by atoms with Crippen molar-refractivity contribution in [3.8, 4) is 0 Å². The largest absolute Gasteiger partial charge is 0.316 e. The molecular weight excluding hydrogens is 232 g/mol. The summed E-state index contributed by atoms with van der Waals surface area (Å²) < 4.78 is 0. The number of alkyl halides is 1. The highest BCUT2D eigenvalue weighted by Crippen LogP contribution is 2.29. The van der Waals surface area contributed by atoms with Crippen LogP contribution in [-0.4, -0.2) is 43.0 Å². The van der Waals surface area contributed by atoms with Gasteiger partial charge in [0.2, 0.25) is 0 Å². The Morgan fingerprint density at radius 2 is 2.06 bits per heavy atom. The number of hydrogen-bond acceptors (Lipinski definition) is 2. The van der Waals surface area contributed by atoms with Crippen LogP contribution in [0, 0.1) is 5.92 Å². The maximum absolute atomic E-state index is 6.28. The second kappa shape index (κ2) is 6.96. The summed E-state index contributed by atoms with van der Waals surface area (Å²) in [5.41, 5.74) is 0.